The molecular formula is C15H23NO4. The van der Waals surface area contributed by atoms with E-state index in [0.29, 0.717) is 26.1 Å². The molecule has 0 fully saturated rings. The van der Waals surface area contributed by atoms with Gasteiger partial charge < -0.3 is 19.5 Å². The molecule has 0 aliphatic carbocycles. The van der Waals surface area contributed by atoms with E-state index in [0.717, 1.165) is 11.3 Å². The van der Waals surface area contributed by atoms with Gasteiger partial charge in [-0.25, -0.2) is 0 Å². The number of carbonyl (C=O) groups excluding carboxylic acids is 1. The van der Waals surface area contributed by atoms with E-state index in [9.17, 15) is 9.90 Å². The van der Waals surface area contributed by atoms with E-state index in [2.05, 4.69) is 0 Å². The van der Waals surface area contributed by atoms with Gasteiger partial charge in [0.15, 0.2) is 0 Å². The third kappa shape index (κ3) is 5.59. The second-order valence-corrected chi connectivity index (χ2v) is 4.61. The molecular weight excluding hydrogens is 258 g/mol. The quantitative estimate of drug-likeness (QED) is 0.734. The highest BCUT2D eigenvalue weighted by atomic mass is 16.5. The third-order valence-corrected chi connectivity index (χ3v) is 2.97. The predicted molar refractivity (Wildman–Crippen MR) is 76.7 cm³/mol. The summed E-state index contributed by atoms with van der Waals surface area (Å²) in [5.74, 6) is 0.506. The van der Waals surface area contributed by atoms with E-state index in [4.69, 9.17) is 9.47 Å². The summed E-state index contributed by atoms with van der Waals surface area (Å²) in [5, 5.41) is 10.2. The van der Waals surface area contributed by atoms with Crippen molar-refractivity contribution in [1.29, 1.82) is 0 Å². The number of aliphatic hydroxyl groups excluding tert-OH is 1. The van der Waals surface area contributed by atoms with Crippen molar-refractivity contribution >= 4 is 5.97 Å². The first-order valence-electron chi connectivity index (χ1n) is 6.73. The zero-order chi connectivity index (χ0) is 15.0. The number of hydrogen-bond donors (Lipinski definition) is 1. The zero-order valence-corrected chi connectivity index (χ0v) is 12.3. The van der Waals surface area contributed by atoms with Gasteiger partial charge in [0, 0.05) is 13.1 Å². The molecule has 1 aromatic rings. The van der Waals surface area contributed by atoms with Crippen LogP contribution in [0.4, 0.5) is 0 Å². The van der Waals surface area contributed by atoms with Crippen molar-refractivity contribution in [3.05, 3.63) is 29.8 Å². The summed E-state index contributed by atoms with van der Waals surface area (Å²) >= 11 is 0. The lowest BCUT2D eigenvalue weighted by molar-refractivity contribution is -0.143. The summed E-state index contributed by atoms with van der Waals surface area (Å²) in [4.78, 5) is 13.2. The highest BCUT2D eigenvalue weighted by molar-refractivity contribution is 5.69. The first kappa shape index (κ1) is 16.5. The standard InChI is InChI=1S/C15H23NO4/c1-4-20-15(18)8-9-16(2)11-14(17)12-6-5-7-13(10-12)19-3/h5-7,10,14,17H,4,8-9,11H2,1-3H3. The molecule has 1 N–H and O–H groups in total. The number of likely N-dealkylation sites (N-methyl/N-ethyl adjacent to an activating group) is 1. The molecule has 1 unspecified atom stereocenters. The summed E-state index contributed by atoms with van der Waals surface area (Å²) in [6.45, 7) is 3.19. The van der Waals surface area contributed by atoms with Crippen LogP contribution >= 0.6 is 0 Å². The fourth-order valence-corrected chi connectivity index (χ4v) is 1.86. The second-order valence-electron chi connectivity index (χ2n) is 4.61. The number of methoxy groups -OCH3 is 1. The Bertz CT molecular complexity index is 422. The second kappa shape index (κ2) is 8.55. The Morgan fingerprint density at radius 2 is 2.20 bits per heavy atom. The van der Waals surface area contributed by atoms with E-state index < -0.39 is 6.10 Å². The van der Waals surface area contributed by atoms with Crippen molar-refractivity contribution in [1.82, 2.24) is 4.90 Å². The van der Waals surface area contributed by atoms with Crippen LogP contribution in [0.2, 0.25) is 0 Å². The molecule has 0 aliphatic heterocycles. The van der Waals surface area contributed by atoms with Gasteiger partial charge in [-0.3, -0.25) is 4.79 Å². The molecule has 0 saturated carbocycles. The average Bonchev–Trinajstić information content (AvgIpc) is 2.45. The van der Waals surface area contributed by atoms with Crippen LogP contribution in [0.15, 0.2) is 24.3 Å². The number of esters is 1. The molecule has 1 atom stereocenters. The summed E-state index contributed by atoms with van der Waals surface area (Å²) in [6, 6.07) is 7.34. The molecule has 0 aliphatic rings. The first-order chi connectivity index (χ1) is 9.56. The minimum atomic E-state index is -0.614. The smallest absolute Gasteiger partial charge is 0.307 e. The van der Waals surface area contributed by atoms with Crippen LogP contribution in [-0.2, 0) is 9.53 Å². The normalized spacial score (nSPS) is 12.2. The lowest BCUT2D eigenvalue weighted by Gasteiger charge is -2.20. The van der Waals surface area contributed by atoms with Crippen molar-refractivity contribution in [2.75, 3.05) is 33.9 Å². The molecule has 20 heavy (non-hydrogen) atoms. The number of aliphatic hydroxyl groups is 1. The number of nitrogens with zero attached hydrogens (tertiary/aromatic N) is 1. The third-order valence-electron chi connectivity index (χ3n) is 2.97. The van der Waals surface area contributed by atoms with E-state index in [-0.39, 0.29) is 5.97 Å². The molecule has 1 aromatic carbocycles. The van der Waals surface area contributed by atoms with Crippen LogP contribution in [-0.4, -0.2) is 49.8 Å². The monoisotopic (exact) mass is 281 g/mol. The molecule has 5 nitrogen and oxygen atoms in total. The Morgan fingerprint density at radius 1 is 1.45 bits per heavy atom. The average molecular weight is 281 g/mol. The molecule has 5 heteroatoms. The molecule has 0 amide bonds. The Morgan fingerprint density at radius 3 is 2.85 bits per heavy atom. The van der Waals surface area contributed by atoms with Gasteiger partial charge in [0.05, 0.1) is 26.2 Å². The highest BCUT2D eigenvalue weighted by Crippen LogP contribution is 2.19. The van der Waals surface area contributed by atoms with Crippen LogP contribution in [0.25, 0.3) is 0 Å². The summed E-state index contributed by atoms with van der Waals surface area (Å²) in [7, 11) is 3.46. The van der Waals surface area contributed by atoms with Gasteiger partial charge in [0.2, 0.25) is 0 Å². The molecule has 0 saturated heterocycles. The minimum absolute atomic E-state index is 0.213. The lowest BCUT2D eigenvalue weighted by Crippen LogP contribution is -2.27. The van der Waals surface area contributed by atoms with Crippen LogP contribution in [0.5, 0.6) is 5.75 Å². The maximum Gasteiger partial charge on any atom is 0.307 e. The maximum absolute atomic E-state index is 11.3. The lowest BCUT2D eigenvalue weighted by atomic mass is 10.1. The van der Waals surface area contributed by atoms with Gasteiger partial charge in [-0.2, -0.15) is 0 Å². The van der Waals surface area contributed by atoms with Gasteiger partial charge in [0.25, 0.3) is 0 Å². The fourth-order valence-electron chi connectivity index (χ4n) is 1.86. The van der Waals surface area contributed by atoms with E-state index in [1.807, 2.05) is 36.2 Å². The minimum Gasteiger partial charge on any atom is -0.497 e. The topological polar surface area (TPSA) is 59.0 Å². The van der Waals surface area contributed by atoms with Crippen LogP contribution in [0, 0.1) is 0 Å². The van der Waals surface area contributed by atoms with Crippen molar-refractivity contribution < 1.29 is 19.4 Å². The first-order valence-corrected chi connectivity index (χ1v) is 6.73. The highest BCUT2D eigenvalue weighted by Gasteiger charge is 2.12. The predicted octanol–water partition coefficient (Wildman–Crippen LogP) is 1.61. The van der Waals surface area contributed by atoms with Crippen molar-refractivity contribution in [3.63, 3.8) is 0 Å². The van der Waals surface area contributed by atoms with E-state index in [1.165, 1.54) is 0 Å². The molecule has 0 heterocycles. The largest absolute Gasteiger partial charge is 0.497 e. The Balaban J connectivity index is 2.44. The van der Waals surface area contributed by atoms with Crippen LogP contribution in [0.1, 0.15) is 25.0 Å². The number of hydrogen-bond acceptors (Lipinski definition) is 5. The van der Waals surface area contributed by atoms with Gasteiger partial charge in [0.1, 0.15) is 5.75 Å². The number of ether oxygens (including phenoxy) is 2. The fraction of sp³-hybridized carbons (Fsp3) is 0.533. The maximum atomic E-state index is 11.3. The molecule has 1 rings (SSSR count). The Hall–Kier alpha value is -1.59. The Kier molecular flexibility index (Phi) is 7.04. The number of rotatable bonds is 8. The van der Waals surface area contributed by atoms with Gasteiger partial charge in [-0.05, 0) is 31.7 Å². The SMILES string of the molecule is CCOC(=O)CCN(C)CC(O)c1cccc(OC)c1. The molecule has 0 bridgehead atoms. The molecule has 0 radical (unpaired) electrons. The summed E-state index contributed by atoms with van der Waals surface area (Å²) in [5.41, 5.74) is 0.798. The summed E-state index contributed by atoms with van der Waals surface area (Å²) in [6.07, 6.45) is -0.285. The molecule has 0 spiro atoms. The van der Waals surface area contributed by atoms with Crippen LogP contribution < -0.4 is 4.74 Å². The van der Waals surface area contributed by atoms with Crippen LogP contribution in [0.3, 0.4) is 0 Å². The summed E-state index contributed by atoms with van der Waals surface area (Å²) < 4.78 is 10.00. The van der Waals surface area contributed by atoms with E-state index in [1.54, 1.807) is 14.0 Å². The van der Waals surface area contributed by atoms with Crippen molar-refractivity contribution in [3.8, 4) is 5.75 Å². The van der Waals surface area contributed by atoms with Crippen molar-refractivity contribution in [2.45, 2.75) is 19.4 Å². The molecule has 0 aromatic heterocycles. The Labute approximate surface area is 120 Å². The van der Waals surface area contributed by atoms with E-state index >= 15 is 0 Å². The van der Waals surface area contributed by atoms with Gasteiger partial charge >= 0.3 is 5.97 Å². The zero-order valence-electron chi connectivity index (χ0n) is 12.3. The number of benzene rings is 1. The van der Waals surface area contributed by atoms with Gasteiger partial charge in [-0.15, -0.1) is 0 Å². The number of carbonyl (C=O) groups is 1. The van der Waals surface area contributed by atoms with Crippen molar-refractivity contribution in [2.24, 2.45) is 0 Å². The van der Waals surface area contributed by atoms with Gasteiger partial charge in [-0.1, -0.05) is 12.1 Å². The molecule has 112 valence electrons.